The number of anilines is 2. The number of piperazine rings is 1. The summed E-state index contributed by atoms with van der Waals surface area (Å²) >= 11 is 0. The van der Waals surface area contributed by atoms with Crippen molar-refractivity contribution in [2.45, 2.75) is 6.92 Å². The molecule has 138 valence electrons. The summed E-state index contributed by atoms with van der Waals surface area (Å²) in [4.78, 5) is 28.9. The first kappa shape index (κ1) is 17.0. The second-order valence-electron chi connectivity index (χ2n) is 6.34. The zero-order valence-electron chi connectivity index (χ0n) is 15.0. The summed E-state index contributed by atoms with van der Waals surface area (Å²) in [7, 11) is 0. The fraction of sp³-hybridized carbons (Fsp3) is 0.278. The number of hydrogen-bond donors (Lipinski definition) is 1. The number of aryl methyl sites for hydroxylation is 1. The number of benzene rings is 1. The minimum Gasteiger partial charge on any atom is -0.353 e. The molecule has 27 heavy (non-hydrogen) atoms. The molecule has 1 saturated heterocycles. The first-order valence-corrected chi connectivity index (χ1v) is 8.73. The maximum atomic E-state index is 12.5. The highest BCUT2D eigenvalue weighted by Crippen LogP contribution is 2.16. The van der Waals surface area contributed by atoms with Crippen LogP contribution in [0.4, 0.5) is 16.3 Å². The predicted molar refractivity (Wildman–Crippen MR) is 101 cm³/mol. The Labute approximate surface area is 156 Å². The molecule has 9 nitrogen and oxygen atoms in total. The van der Waals surface area contributed by atoms with E-state index in [0.717, 1.165) is 17.1 Å². The molecular formula is C18H20N8O. The SMILES string of the molecule is Cc1ccc(NC(=O)N2CCN(c3cc(-n4cncn4)ncn3)CC2)cc1. The second kappa shape index (κ2) is 7.40. The molecule has 0 unspecified atom stereocenters. The van der Waals surface area contributed by atoms with E-state index in [0.29, 0.717) is 32.0 Å². The molecule has 3 aromatic rings. The Kier molecular flexibility index (Phi) is 4.65. The number of rotatable bonds is 3. The van der Waals surface area contributed by atoms with E-state index >= 15 is 0 Å². The van der Waals surface area contributed by atoms with Gasteiger partial charge >= 0.3 is 6.03 Å². The highest BCUT2D eigenvalue weighted by Gasteiger charge is 2.22. The summed E-state index contributed by atoms with van der Waals surface area (Å²) in [5, 5.41) is 7.03. The highest BCUT2D eigenvalue weighted by atomic mass is 16.2. The van der Waals surface area contributed by atoms with Crippen LogP contribution in [0.25, 0.3) is 5.82 Å². The molecule has 3 heterocycles. The quantitative estimate of drug-likeness (QED) is 0.761. The third-order valence-electron chi connectivity index (χ3n) is 4.49. The molecule has 1 aliphatic rings. The number of carbonyl (C=O) groups excluding carboxylic acids is 1. The Morgan fingerprint density at radius 1 is 1.00 bits per heavy atom. The predicted octanol–water partition coefficient (Wildman–Crippen LogP) is 1.72. The van der Waals surface area contributed by atoms with Crippen molar-refractivity contribution >= 4 is 17.5 Å². The first-order valence-electron chi connectivity index (χ1n) is 8.73. The van der Waals surface area contributed by atoms with E-state index in [9.17, 15) is 4.79 Å². The maximum Gasteiger partial charge on any atom is 0.321 e. The standard InChI is InChI=1S/C18H20N8O/c1-14-2-4-15(5-3-14)23-18(27)25-8-6-24(7-9-25)16-10-17(21-12-20-16)26-13-19-11-22-26/h2-5,10-13H,6-9H2,1H3,(H,23,27). The van der Waals surface area contributed by atoms with Gasteiger partial charge in [-0.2, -0.15) is 5.10 Å². The maximum absolute atomic E-state index is 12.5. The Bertz CT molecular complexity index is 901. The van der Waals surface area contributed by atoms with Gasteiger partial charge in [0.15, 0.2) is 5.82 Å². The molecule has 0 saturated carbocycles. The summed E-state index contributed by atoms with van der Waals surface area (Å²) in [6.07, 6.45) is 4.58. The molecule has 0 bridgehead atoms. The summed E-state index contributed by atoms with van der Waals surface area (Å²) in [6, 6.07) is 9.58. The van der Waals surface area contributed by atoms with Crippen molar-refractivity contribution in [2.24, 2.45) is 0 Å². The number of urea groups is 1. The van der Waals surface area contributed by atoms with Crippen LogP contribution in [0.2, 0.25) is 0 Å². The molecule has 1 aromatic carbocycles. The van der Waals surface area contributed by atoms with Crippen LogP contribution >= 0.6 is 0 Å². The van der Waals surface area contributed by atoms with Crippen LogP contribution in [0.15, 0.2) is 49.3 Å². The first-order chi connectivity index (χ1) is 13.2. The number of nitrogens with one attached hydrogen (secondary N) is 1. The molecule has 0 aliphatic carbocycles. The molecule has 4 rings (SSSR count). The highest BCUT2D eigenvalue weighted by molar-refractivity contribution is 5.89. The molecule has 2 aromatic heterocycles. The van der Waals surface area contributed by atoms with Crippen molar-refractivity contribution in [3.8, 4) is 5.82 Å². The summed E-state index contributed by atoms with van der Waals surface area (Å²) in [6.45, 7) is 4.68. The van der Waals surface area contributed by atoms with Crippen molar-refractivity contribution in [3.63, 3.8) is 0 Å². The Balaban J connectivity index is 1.37. The fourth-order valence-corrected chi connectivity index (χ4v) is 2.94. The largest absolute Gasteiger partial charge is 0.353 e. The van der Waals surface area contributed by atoms with Crippen LogP contribution in [0, 0.1) is 6.92 Å². The van der Waals surface area contributed by atoms with Gasteiger partial charge in [-0.25, -0.2) is 24.4 Å². The Hall–Kier alpha value is -3.49. The monoisotopic (exact) mass is 364 g/mol. The van der Waals surface area contributed by atoms with Crippen molar-refractivity contribution in [1.29, 1.82) is 0 Å². The number of amides is 2. The third kappa shape index (κ3) is 3.86. The van der Waals surface area contributed by atoms with Gasteiger partial charge in [-0.1, -0.05) is 17.7 Å². The van der Waals surface area contributed by atoms with E-state index in [-0.39, 0.29) is 6.03 Å². The number of carbonyl (C=O) groups is 1. The van der Waals surface area contributed by atoms with Gasteiger partial charge in [0, 0.05) is 37.9 Å². The van der Waals surface area contributed by atoms with Gasteiger partial charge in [-0.05, 0) is 19.1 Å². The zero-order valence-corrected chi connectivity index (χ0v) is 15.0. The van der Waals surface area contributed by atoms with E-state index in [1.807, 2.05) is 42.2 Å². The molecule has 9 heteroatoms. The van der Waals surface area contributed by atoms with Crippen LogP contribution in [0.1, 0.15) is 5.56 Å². The van der Waals surface area contributed by atoms with Crippen molar-refractivity contribution < 1.29 is 4.79 Å². The molecule has 2 amide bonds. The van der Waals surface area contributed by atoms with Crippen LogP contribution in [-0.4, -0.2) is 61.8 Å². The Morgan fingerprint density at radius 2 is 1.74 bits per heavy atom. The van der Waals surface area contributed by atoms with Gasteiger partial charge in [-0.3, -0.25) is 0 Å². The minimum absolute atomic E-state index is 0.0792. The average Bonchev–Trinajstić information content (AvgIpc) is 3.25. The number of aromatic nitrogens is 5. The summed E-state index contributed by atoms with van der Waals surface area (Å²) in [5.41, 5.74) is 1.97. The molecule has 1 fully saturated rings. The van der Waals surface area contributed by atoms with E-state index in [2.05, 4.69) is 30.3 Å². The molecular weight excluding hydrogens is 344 g/mol. The molecule has 0 atom stereocenters. The van der Waals surface area contributed by atoms with Crippen LogP contribution in [-0.2, 0) is 0 Å². The molecule has 0 spiro atoms. The third-order valence-corrected chi connectivity index (χ3v) is 4.49. The van der Waals surface area contributed by atoms with Gasteiger partial charge in [0.1, 0.15) is 24.8 Å². The van der Waals surface area contributed by atoms with Crippen molar-refractivity contribution in [1.82, 2.24) is 29.6 Å². The molecule has 1 aliphatic heterocycles. The van der Waals surface area contributed by atoms with Gasteiger partial charge in [0.2, 0.25) is 0 Å². The smallest absolute Gasteiger partial charge is 0.321 e. The lowest BCUT2D eigenvalue weighted by Crippen LogP contribution is -2.50. The number of hydrogen-bond acceptors (Lipinski definition) is 6. The summed E-state index contributed by atoms with van der Waals surface area (Å²) < 4.78 is 1.59. The van der Waals surface area contributed by atoms with Crippen LogP contribution < -0.4 is 10.2 Å². The van der Waals surface area contributed by atoms with Gasteiger partial charge in [0.25, 0.3) is 0 Å². The van der Waals surface area contributed by atoms with Crippen LogP contribution in [0.5, 0.6) is 0 Å². The van der Waals surface area contributed by atoms with Crippen molar-refractivity contribution in [2.75, 3.05) is 36.4 Å². The second-order valence-corrected chi connectivity index (χ2v) is 6.34. The normalized spacial score (nSPS) is 14.3. The van der Waals surface area contributed by atoms with Crippen molar-refractivity contribution in [3.05, 3.63) is 54.9 Å². The van der Waals surface area contributed by atoms with Gasteiger partial charge < -0.3 is 15.1 Å². The van der Waals surface area contributed by atoms with Crippen LogP contribution in [0.3, 0.4) is 0 Å². The topological polar surface area (TPSA) is 92.1 Å². The average molecular weight is 364 g/mol. The van der Waals surface area contributed by atoms with E-state index in [4.69, 9.17) is 0 Å². The lowest BCUT2D eigenvalue weighted by atomic mass is 10.2. The zero-order chi connectivity index (χ0) is 18.6. The minimum atomic E-state index is -0.0792. The lowest BCUT2D eigenvalue weighted by molar-refractivity contribution is 0.208. The number of nitrogens with zero attached hydrogens (tertiary/aromatic N) is 7. The van der Waals surface area contributed by atoms with Gasteiger partial charge in [-0.15, -0.1) is 0 Å². The van der Waals surface area contributed by atoms with Gasteiger partial charge in [0.05, 0.1) is 0 Å². The lowest BCUT2D eigenvalue weighted by Gasteiger charge is -2.35. The molecule has 1 N–H and O–H groups in total. The Morgan fingerprint density at radius 3 is 2.44 bits per heavy atom. The molecule has 0 radical (unpaired) electrons. The van der Waals surface area contributed by atoms with E-state index in [1.165, 1.54) is 12.7 Å². The van der Waals surface area contributed by atoms with E-state index < -0.39 is 0 Å². The van der Waals surface area contributed by atoms with E-state index in [1.54, 1.807) is 11.0 Å². The summed E-state index contributed by atoms with van der Waals surface area (Å²) in [5.74, 6) is 1.48. The fourth-order valence-electron chi connectivity index (χ4n) is 2.94.